The number of H-pyrrole nitrogens is 1. The van der Waals surface area contributed by atoms with Crippen LogP contribution in [0.3, 0.4) is 0 Å². The molecule has 1 aliphatic heterocycles. The van der Waals surface area contributed by atoms with Crippen LogP contribution in [0.1, 0.15) is 47.4 Å². The highest BCUT2D eigenvalue weighted by Gasteiger charge is 2.26. The van der Waals surface area contributed by atoms with Crippen LogP contribution in [-0.2, 0) is 0 Å². The largest absolute Gasteiger partial charge is 0.366 e. The molecule has 1 unspecified atom stereocenters. The standard InChI is InChI=1S/C20H21N5O/c1-10-9-21-20(26)14-8-16(24-17(10)14)13-4-3-5-15-18(13)25-19(11(2)22-15)23-12-6-7-12/h3-5,8,10,12,24H,6-7,9H2,1-2H3,(H,21,26)(H,23,25). The summed E-state index contributed by atoms with van der Waals surface area (Å²) in [4.78, 5) is 25.3. The lowest BCUT2D eigenvalue weighted by molar-refractivity contribution is 0.0941. The molecule has 1 fully saturated rings. The number of carbonyl (C=O) groups is 1. The summed E-state index contributed by atoms with van der Waals surface area (Å²) in [7, 11) is 0. The maximum atomic E-state index is 12.2. The first-order chi connectivity index (χ1) is 12.6. The van der Waals surface area contributed by atoms with Crippen molar-refractivity contribution in [3.8, 4) is 11.3 Å². The molecule has 1 aromatic carbocycles. The highest BCUT2D eigenvalue weighted by molar-refractivity contribution is 6.00. The number of aromatic amines is 1. The van der Waals surface area contributed by atoms with Gasteiger partial charge in [0, 0.05) is 35.5 Å². The van der Waals surface area contributed by atoms with Crippen LogP contribution in [0.2, 0.25) is 0 Å². The molecule has 26 heavy (non-hydrogen) atoms. The number of para-hydroxylation sites is 1. The monoisotopic (exact) mass is 347 g/mol. The van der Waals surface area contributed by atoms with Crippen LogP contribution >= 0.6 is 0 Å². The van der Waals surface area contributed by atoms with Crippen LogP contribution in [0.5, 0.6) is 0 Å². The molecule has 0 bridgehead atoms. The molecule has 3 N–H and O–H groups in total. The highest BCUT2D eigenvalue weighted by atomic mass is 16.1. The van der Waals surface area contributed by atoms with E-state index in [1.54, 1.807) is 0 Å². The molecular weight excluding hydrogens is 326 g/mol. The summed E-state index contributed by atoms with van der Waals surface area (Å²) in [6, 6.07) is 8.47. The average molecular weight is 347 g/mol. The maximum Gasteiger partial charge on any atom is 0.253 e. The van der Waals surface area contributed by atoms with E-state index in [9.17, 15) is 4.79 Å². The van der Waals surface area contributed by atoms with E-state index < -0.39 is 0 Å². The number of benzene rings is 1. The molecule has 1 atom stereocenters. The van der Waals surface area contributed by atoms with E-state index in [2.05, 4.69) is 22.5 Å². The molecule has 3 heterocycles. The van der Waals surface area contributed by atoms with Crippen molar-refractivity contribution < 1.29 is 4.79 Å². The van der Waals surface area contributed by atoms with Crippen molar-refractivity contribution in [2.75, 3.05) is 11.9 Å². The second kappa shape index (κ2) is 5.56. The molecule has 1 amide bonds. The van der Waals surface area contributed by atoms with Crippen LogP contribution in [0.25, 0.3) is 22.3 Å². The first-order valence-electron chi connectivity index (χ1n) is 9.15. The van der Waals surface area contributed by atoms with E-state index in [-0.39, 0.29) is 11.8 Å². The van der Waals surface area contributed by atoms with Gasteiger partial charge in [-0.1, -0.05) is 19.1 Å². The molecule has 6 nitrogen and oxygen atoms in total. The predicted molar refractivity (Wildman–Crippen MR) is 101 cm³/mol. The summed E-state index contributed by atoms with van der Waals surface area (Å²) in [5.41, 5.74) is 6.26. The Morgan fingerprint density at radius 2 is 2.04 bits per heavy atom. The van der Waals surface area contributed by atoms with Gasteiger partial charge in [-0.15, -0.1) is 0 Å². The van der Waals surface area contributed by atoms with Gasteiger partial charge in [0.2, 0.25) is 0 Å². The number of hydrogen-bond acceptors (Lipinski definition) is 4. The smallest absolute Gasteiger partial charge is 0.253 e. The fourth-order valence-electron chi connectivity index (χ4n) is 3.58. The first-order valence-corrected chi connectivity index (χ1v) is 9.15. The highest BCUT2D eigenvalue weighted by Crippen LogP contribution is 2.33. The quantitative estimate of drug-likeness (QED) is 0.678. The Morgan fingerprint density at radius 1 is 1.19 bits per heavy atom. The lowest BCUT2D eigenvalue weighted by Crippen LogP contribution is -2.33. The Morgan fingerprint density at radius 3 is 2.81 bits per heavy atom. The van der Waals surface area contributed by atoms with Crippen molar-refractivity contribution >= 4 is 22.8 Å². The fraction of sp³-hybridized carbons (Fsp3) is 0.350. The van der Waals surface area contributed by atoms with Gasteiger partial charge >= 0.3 is 0 Å². The maximum absolute atomic E-state index is 12.2. The number of fused-ring (bicyclic) bond motifs is 2. The van der Waals surface area contributed by atoms with Gasteiger partial charge in [-0.3, -0.25) is 4.79 Å². The number of nitrogens with zero attached hydrogens (tertiary/aromatic N) is 2. The van der Waals surface area contributed by atoms with E-state index in [0.29, 0.717) is 12.6 Å². The summed E-state index contributed by atoms with van der Waals surface area (Å²) in [5, 5.41) is 6.41. The topological polar surface area (TPSA) is 82.7 Å². The van der Waals surface area contributed by atoms with Gasteiger partial charge in [0.15, 0.2) is 0 Å². The molecular formula is C20H21N5O. The number of rotatable bonds is 3. The average Bonchev–Trinajstić information content (AvgIpc) is 3.32. The Balaban J connectivity index is 1.67. The minimum Gasteiger partial charge on any atom is -0.366 e. The third kappa shape index (κ3) is 2.44. The molecule has 132 valence electrons. The summed E-state index contributed by atoms with van der Waals surface area (Å²) < 4.78 is 0. The minimum absolute atomic E-state index is 0.0149. The third-order valence-electron chi connectivity index (χ3n) is 5.23. The molecule has 0 spiro atoms. The third-order valence-corrected chi connectivity index (χ3v) is 5.23. The number of aromatic nitrogens is 3. The van der Waals surface area contributed by atoms with Crippen molar-refractivity contribution in [3.63, 3.8) is 0 Å². The van der Waals surface area contributed by atoms with Crippen molar-refractivity contribution in [2.45, 2.75) is 38.6 Å². The Hall–Kier alpha value is -2.89. The number of anilines is 1. The number of hydrogen-bond donors (Lipinski definition) is 3. The number of amides is 1. The Kier molecular flexibility index (Phi) is 3.29. The summed E-state index contributed by atoms with van der Waals surface area (Å²) in [5.74, 6) is 1.11. The van der Waals surface area contributed by atoms with Crippen molar-refractivity contribution in [1.29, 1.82) is 0 Å². The number of carbonyl (C=O) groups excluding carboxylic acids is 1. The summed E-state index contributed by atoms with van der Waals surface area (Å²) >= 11 is 0. The fourth-order valence-corrected chi connectivity index (χ4v) is 3.58. The second-order valence-corrected chi connectivity index (χ2v) is 7.37. The minimum atomic E-state index is -0.0149. The van der Waals surface area contributed by atoms with Crippen LogP contribution in [0.4, 0.5) is 5.82 Å². The number of nitrogens with one attached hydrogen (secondary N) is 3. The molecule has 2 aromatic heterocycles. The molecule has 2 aliphatic rings. The van der Waals surface area contributed by atoms with Gasteiger partial charge in [-0.05, 0) is 31.9 Å². The summed E-state index contributed by atoms with van der Waals surface area (Å²) in [6.07, 6.45) is 2.38. The lowest BCUT2D eigenvalue weighted by atomic mass is 9.99. The van der Waals surface area contributed by atoms with Crippen molar-refractivity contribution in [2.24, 2.45) is 0 Å². The normalized spacial score (nSPS) is 19.3. The number of aryl methyl sites for hydroxylation is 1. The van der Waals surface area contributed by atoms with E-state index in [1.807, 2.05) is 31.2 Å². The molecule has 0 saturated heterocycles. The molecule has 6 heteroatoms. The zero-order chi connectivity index (χ0) is 17.8. The molecule has 1 saturated carbocycles. The van der Waals surface area contributed by atoms with Crippen molar-refractivity contribution in [3.05, 3.63) is 41.2 Å². The van der Waals surface area contributed by atoms with E-state index in [4.69, 9.17) is 9.97 Å². The van der Waals surface area contributed by atoms with Gasteiger partial charge in [-0.25, -0.2) is 9.97 Å². The molecule has 1 aliphatic carbocycles. The van der Waals surface area contributed by atoms with Crippen LogP contribution in [-0.4, -0.2) is 33.4 Å². The molecule has 5 rings (SSSR count). The Bertz CT molecular complexity index is 1030. The zero-order valence-corrected chi connectivity index (χ0v) is 14.9. The van der Waals surface area contributed by atoms with Gasteiger partial charge in [-0.2, -0.15) is 0 Å². The van der Waals surface area contributed by atoms with E-state index in [0.717, 1.165) is 45.1 Å². The molecule has 0 radical (unpaired) electrons. The lowest BCUT2D eigenvalue weighted by Gasteiger charge is -2.18. The second-order valence-electron chi connectivity index (χ2n) is 7.37. The van der Waals surface area contributed by atoms with Crippen LogP contribution in [0.15, 0.2) is 24.3 Å². The van der Waals surface area contributed by atoms with E-state index in [1.165, 1.54) is 12.8 Å². The van der Waals surface area contributed by atoms with Crippen molar-refractivity contribution in [1.82, 2.24) is 20.3 Å². The van der Waals surface area contributed by atoms with Gasteiger partial charge in [0.05, 0.1) is 16.8 Å². The van der Waals surface area contributed by atoms with Gasteiger partial charge in [0.25, 0.3) is 5.91 Å². The zero-order valence-electron chi connectivity index (χ0n) is 14.9. The van der Waals surface area contributed by atoms with Gasteiger partial charge in [0.1, 0.15) is 11.3 Å². The Labute approximate surface area is 151 Å². The van der Waals surface area contributed by atoms with Gasteiger partial charge < -0.3 is 15.6 Å². The summed E-state index contributed by atoms with van der Waals surface area (Å²) in [6.45, 7) is 4.77. The SMILES string of the molecule is Cc1nc2cccc(-c3cc4c([nH]3)C(C)CNC4=O)c2nc1NC1CC1. The van der Waals surface area contributed by atoms with Crippen LogP contribution in [0, 0.1) is 6.92 Å². The predicted octanol–water partition coefficient (Wildman–Crippen LogP) is 3.35. The van der Waals surface area contributed by atoms with Crippen LogP contribution < -0.4 is 10.6 Å². The first kappa shape index (κ1) is 15.4. The van der Waals surface area contributed by atoms with E-state index >= 15 is 0 Å². The molecule has 3 aromatic rings.